The van der Waals surface area contributed by atoms with Gasteiger partial charge in [0.1, 0.15) is 5.82 Å². The van der Waals surface area contributed by atoms with Gasteiger partial charge in [-0.25, -0.2) is 4.39 Å². The third-order valence-corrected chi connectivity index (χ3v) is 4.59. The smallest absolute Gasteiger partial charge is 0.123 e. The molecule has 19 heavy (non-hydrogen) atoms. The molecule has 0 radical (unpaired) electrons. The average Bonchev–Trinajstić information content (AvgIpc) is 2.84. The first-order valence-corrected chi connectivity index (χ1v) is 7.03. The molecule has 0 spiro atoms. The van der Waals surface area contributed by atoms with Crippen molar-refractivity contribution in [2.45, 2.75) is 6.04 Å². The molecule has 1 atom stereocenters. The minimum atomic E-state index is -0.402. The minimum Gasteiger partial charge on any atom is -0.320 e. The molecule has 0 aliphatic carbocycles. The van der Waals surface area contributed by atoms with Crippen molar-refractivity contribution in [2.24, 2.45) is 5.73 Å². The van der Waals surface area contributed by atoms with Gasteiger partial charge in [0.25, 0.3) is 0 Å². The molecular weight excluding hydrogens is 281 g/mol. The van der Waals surface area contributed by atoms with E-state index in [4.69, 9.17) is 17.3 Å². The van der Waals surface area contributed by atoms with Crippen LogP contribution < -0.4 is 5.73 Å². The lowest BCUT2D eigenvalue weighted by atomic mass is 10.1. The topological polar surface area (TPSA) is 26.0 Å². The maximum atomic E-state index is 13.3. The van der Waals surface area contributed by atoms with Gasteiger partial charge in [0.05, 0.1) is 6.04 Å². The van der Waals surface area contributed by atoms with Gasteiger partial charge in [-0.15, -0.1) is 11.3 Å². The molecule has 0 bridgehead atoms. The van der Waals surface area contributed by atoms with E-state index < -0.39 is 6.04 Å². The second-order valence-electron chi connectivity index (χ2n) is 4.33. The van der Waals surface area contributed by atoms with E-state index in [2.05, 4.69) is 0 Å². The van der Waals surface area contributed by atoms with E-state index in [1.165, 1.54) is 16.8 Å². The Kier molecular flexibility index (Phi) is 3.27. The molecule has 3 aromatic rings. The quantitative estimate of drug-likeness (QED) is 0.725. The summed E-state index contributed by atoms with van der Waals surface area (Å²) in [5.41, 5.74) is 6.83. The number of hydrogen-bond acceptors (Lipinski definition) is 2. The molecule has 2 aromatic carbocycles. The lowest BCUT2D eigenvalue weighted by Crippen LogP contribution is -2.11. The van der Waals surface area contributed by atoms with Crippen molar-refractivity contribution >= 4 is 33.0 Å². The van der Waals surface area contributed by atoms with Crippen LogP contribution in [-0.4, -0.2) is 0 Å². The van der Waals surface area contributed by atoms with Gasteiger partial charge in [-0.3, -0.25) is 0 Å². The highest BCUT2D eigenvalue weighted by molar-refractivity contribution is 7.19. The molecule has 3 rings (SSSR count). The Hall–Kier alpha value is -1.42. The Bertz CT molecular complexity index is 705. The fourth-order valence-electron chi connectivity index (χ4n) is 2.06. The zero-order valence-corrected chi connectivity index (χ0v) is 11.5. The number of thiophene rings is 1. The Morgan fingerprint density at radius 2 is 1.89 bits per heavy atom. The third kappa shape index (κ3) is 2.37. The fourth-order valence-corrected chi connectivity index (χ4v) is 3.38. The van der Waals surface area contributed by atoms with Crippen LogP contribution in [0.15, 0.2) is 48.5 Å². The summed E-state index contributed by atoms with van der Waals surface area (Å²) in [6.45, 7) is 0. The lowest BCUT2D eigenvalue weighted by molar-refractivity contribution is 0.624. The summed E-state index contributed by atoms with van der Waals surface area (Å²) in [5, 5.41) is 1.64. The first kappa shape index (κ1) is 12.6. The van der Waals surface area contributed by atoms with Crippen molar-refractivity contribution in [2.75, 3.05) is 0 Å². The van der Waals surface area contributed by atoms with E-state index in [1.807, 2.05) is 30.3 Å². The molecule has 2 N–H and O–H groups in total. The van der Waals surface area contributed by atoms with Crippen molar-refractivity contribution in [3.05, 3.63) is 69.8 Å². The SMILES string of the molecule is NC(c1cc2ccccc2s1)c1cc(F)ccc1Cl. The first-order valence-electron chi connectivity index (χ1n) is 5.84. The zero-order valence-electron chi connectivity index (χ0n) is 9.94. The summed E-state index contributed by atoms with van der Waals surface area (Å²) >= 11 is 7.71. The molecule has 1 aromatic heterocycles. The Balaban J connectivity index is 2.07. The summed E-state index contributed by atoms with van der Waals surface area (Å²) in [6.07, 6.45) is 0. The predicted octanol–water partition coefficient (Wildman–Crippen LogP) is 4.74. The van der Waals surface area contributed by atoms with Crippen molar-refractivity contribution in [3.8, 4) is 0 Å². The first-order chi connectivity index (χ1) is 9.15. The number of nitrogens with two attached hydrogens (primary N) is 1. The minimum absolute atomic E-state index is 0.323. The lowest BCUT2D eigenvalue weighted by Gasteiger charge is -2.11. The molecule has 1 heterocycles. The maximum absolute atomic E-state index is 13.3. The molecule has 0 saturated carbocycles. The normalized spacial score (nSPS) is 12.8. The van der Waals surface area contributed by atoms with Gasteiger partial charge >= 0.3 is 0 Å². The second-order valence-corrected chi connectivity index (χ2v) is 5.85. The summed E-state index contributed by atoms with van der Waals surface area (Å²) in [7, 11) is 0. The number of rotatable bonds is 2. The Morgan fingerprint density at radius 3 is 2.68 bits per heavy atom. The average molecular weight is 292 g/mol. The number of halogens is 2. The van der Waals surface area contributed by atoms with Crippen molar-refractivity contribution in [1.82, 2.24) is 0 Å². The molecule has 0 aliphatic heterocycles. The van der Waals surface area contributed by atoms with Crippen LogP contribution in [0.2, 0.25) is 5.02 Å². The largest absolute Gasteiger partial charge is 0.320 e. The van der Waals surface area contributed by atoms with Gasteiger partial charge in [-0.2, -0.15) is 0 Å². The maximum Gasteiger partial charge on any atom is 0.123 e. The second kappa shape index (κ2) is 4.93. The highest BCUT2D eigenvalue weighted by atomic mass is 35.5. The van der Waals surface area contributed by atoms with Gasteiger partial charge in [-0.1, -0.05) is 29.8 Å². The van der Waals surface area contributed by atoms with Crippen LogP contribution in [0.5, 0.6) is 0 Å². The molecule has 0 amide bonds. The summed E-state index contributed by atoms with van der Waals surface area (Å²) < 4.78 is 14.5. The van der Waals surface area contributed by atoms with Crippen molar-refractivity contribution < 1.29 is 4.39 Å². The molecule has 0 saturated heterocycles. The van der Waals surface area contributed by atoms with Crippen LogP contribution in [-0.2, 0) is 0 Å². The number of fused-ring (bicyclic) bond motifs is 1. The van der Waals surface area contributed by atoms with E-state index in [9.17, 15) is 4.39 Å². The third-order valence-electron chi connectivity index (χ3n) is 3.04. The summed E-state index contributed by atoms with van der Waals surface area (Å²) in [4.78, 5) is 0.980. The number of hydrogen-bond donors (Lipinski definition) is 1. The van der Waals surface area contributed by atoms with Gasteiger partial charge in [0.15, 0.2) is 0 Å². The van der Waals surface area contributed by atoms with E-state index >= 15 is 0 Å². The van der Waals surface area contributed by atoms with Gasteiger partial charge in [-0.05, 0) is 41.3 Å². The molecular formula is C15H11ClFNS. The van der Waals surface area contributed by atoms with Crippen LogP contribution in [0.1, 0.15) is 16.5 Å². The van der Waals surface area contributed by atoms with E-state index in [0.29, 0.717) is 10.6 Å². The molecule has 0 aliphatic rings. The van der Waals surface area contributed by atoms with Gasteiger partial charge in [0.2, 0.25) is 0 Å². The molecule has 0 fully saturated rings. The molecule has 1 nitrogen and oxygen atoms in total. The Labute approximate surface area is 119 Å². The summed E-state index contributed by atoms with van der Waals surface area (Å²) in [5.74, 6) is -0.323. The van der Waals surface area contributed by atoms with Crippen LogP contribution in [0.4, 0.5) is 4.39 Å². The van der Waals surface area contributed by atoms with Crippen molar-refractivity contribution in [3.63, 3.8) is 0 Å². The van der Waals surface area contributed by atoms with Crippen LogP contribution in [0.25, 0.3) is 10.1 Å². The van der Waals surface area contributed by atoms with E-state index in [1.54, 1.807) is 17.4 Å². The van der Waals surface area contributed by atoms with E-state index in [0.717, 1.165) is 10.3 Å². The fraction of sp³-hybridized carbons (Fsp3) is 0.0667. The highest BCUT2D eigenvalue weighted by Gasteiger charge is 2.16. The van der Waals surface area contributed by atoms with Gasteiger partial charge < -0.3 is 5.73 Å². The molecule has 96 valence electrons. The molecule has 4 heteroatoms. The Morgan fingerprint density at radius 1 is 1.11 bits per heavy atom. The summed E-state index contributed by atoms with van der Waals surface area (Å²) in [6, 6.07) is 14.0. The van der Waals surface area contributed by atoms with Crippen LogP contribution >= 0.6 is 22.9 Å². The highest BCUT2D eigenvalue weighted by Crippen LogP contribution is 2.34. The van der Waals surface area contributed by atoms with Crippen LogP contribution in [0, 0.1) is 5.82 Å². The number of benzene rings is 2. The predicted molar refractivity (Wildman–Crippen MR) is 79.3 cm³/mol. The van der Waals surface area contributed by atoms with Gasteiger partial charge in [0, 0.05) is 14.6 Å². The van der Waals surface area contributed by atoms with E-state index in [-0.39, 0.29) is 5.82 Å². The van der Waals surface area contributed by atoms with Crippen molar-refractivity contribution in [1.29, 1.82) is 0 Å². The molecule has 1 unspecified atom stereocenters. The zero-order chi connectivity index (χ0) is 13.4. The monoisotopic (exact) mass is 291 g/mol. The standard InChI is InChI=1S/C15H11ClFNS/c16-12-6-5-10(17)8-11(12)15(18)14-7-9-3-1-2-4-13(9)19-14/h1-8,15H,18H2. The van der Waals surface area contributed by atoms with Crippen LogP contribution in [0.3, 0.4) is 0 Å².